The van der Waals surface area contributed by atoms with Gasteiger partial charge in [-0.1, -0.05) is 30.0 Å². The van der Waals surface area contributed by atoms with Gasteiger partial charge in [-0.3, -0.25) is 0 Å². The second-order valence-corrected chi connectivity index (χ2v) is 4.09. The van der Waals surface area contributed by atoms with Crippen LogP contribution in [-0.4, -0.2) is 13.3 Å². The first-order valence-corrected chi connectivity index (χ1v) is 6.09. The summed E-state index contributed by atoms with van der Waals surface area (Å²) in [5.41, 5.74) is 2.00. The van der Waals surface area contributed by atoms with Gasteiger partial charge < -0.3 is 14.8 Å². The van der Waals surface area contributed by atoms with Crippen molar-refractivity contribution in [2.24, 2.45) is 0 Å². The van der Waals surface area contributed by atoms with Crippen molar-refractivity contribution in [3.05, 3.63) is 54.1 Å². The van der Waals surface area contributed by atoms with E-state index in [0.717, 1.165) is 22.7 Å². The topological polar surface area (TPSA) is 30.5 Å². The Balaban J connectivity index is 1.60. The van der Waals surface area contributed by atoms with Gasteiger partial charge in [0.05, 0.1) is 6.54 Å². The first kappa shape index (κ1) is 11.5. The standard InChI is InChI=1S/C16H13NO2/c1-2-5-13(6-3-1)7-4-10-17-14-8-9-15-16(11-14)19-12-18-15/h1-3,5-6,8-9,11,17H,10,12H2. The van der Waals surface area contributed by atoms with Crippen molar-refractivity contribution < 1.29 is 9.47 Å². The van der Waals surface area contributed by atoms with E-state index < -0.39 is 0 Å². The van der Waals surface area contributed by atoms with Crippen LogP contribution in [0.25, 0.3) is 0 Å². The highest BCUT2D eigenvalue weighted by atomic mass is 16.7. The summed E-state index contributed by atoms with van der Waals surface area (Å²) in [5.74, 6) is 7.75. The van der Waals surface area contributed by atoms with E-state index in [0.29, 0.717) is 13.3 Å². The molecule has 0 spiro atoms. The molecule has 1 aliphatic heterocycles. The minimum absolute atomic E-state index is 0.298. The maximum absolute atomic E-state index is 5.32. The van der Waals surface area contributed by atoms with Crippen LogP contribution in [0.3, 0.4) is 0 Å². The molecule has 94 valence electrons. The highest BCUT2D eigenvalue weighted by molar-refractivity contribution is 5.56. The van der Waals surface area contributed by atoms with E-state index in [1.807, 2.05) is 48.5 Å². The van der Waals surface area contributed by atoms with Crippen molar-refractivity contribution in [2.45, 2.75) is 0 Å². The summed E-state index contributed by atoms with van der Waals surface area (Å²) in [6, 6.07) is 15.7. The van der Waals surface area contributed by atoms with Gasteiger partial charge in [0, 0.05) is 17.3 Å². The van der Waals surface area contributed by atoms with Gasteiger partial charge in [-0.05, 0) is 24.3 Å². The molecule has 1 heterocycles. The highest BCUT2D eigenvalue weighted by Gasteiger charge is 2.12. The number of anilines is 1. The van der Waals surface area contributed by atoms with Crippen LogP contribution in [0.1, 0.15) is 5.56 Å². The lowest BCUT2D eigenvalue weighted by molar-refractivity contribution is 0.174. The molecule has 3 heteroatoms. The van der Waals surface area contributed by atoms with Crippen LogP contribution in [0, 0.1) is 11.8 Å². The van der Waals surface area contributed by atoms with Crippen LogP contribution < -0.4 is 14.8 Å². The molecule has 1 N–H and O–H groups in total. The molecule has 0 fully saturated rings. The zero-order valence-corrected chi connectivity index (χ0v) is 10.3. The first-order chi connectivity index (χ1) is 9.42. The molecule has 2 aromatic rings. The van der Waals surface area contributed by atoms with Crippen LogP contribution in [0.4, 0.5) is 5.69 Å². The Hall–Kier alpha value is -2.60. The number of nitrogens with one attached hydrogen (secondary N) is 1. The van der Waals surface area contributed by atoms with Gasteiger partial charge in [-0.15, -0.1) is 0 Å². The Morgan fingerprint density at radius 2 is 1.84 bits per heavy atom. The van der Waals surface area contributed by atoms with E-state index in [2.05, 4.69) is 17.2 Å². The fraction of sp³-hybridized carbons (Fsp3) is 0.125. The first-order valence-electron chi connectivity index (χ1n) is 6.09. The van der Waals surface area contributed by atoms with Gasteiger partial charge in [-0.2, -0.15) is 0 Å². The second-order valence-electron chi connectivity index (χ2n) is 4.09. The zero-order chi connectivity index (χ0) is 12.9. The van der Waals surface area contributed by atoms with Gasteiger partial charge in [0.25, 0.3) is 0 Å². The van der Waals surface area contributed by atoms with Gasteiger partial charge in [0.2, 0.25) is 6.79 Å². The van der Waals surface area contributed by atoms with Crippen molar-refractivity contribution in [1.82, 2.24) is 0 Å². The fourth-order valence-electron chi connectivity index (χ4n) is 1.82. The van der Waals surface area contributed by atoms with Crippen molar-refractivity contribution in [3.63, 3.8) is 0 Å². The minimum Gasteiger partial charge on any atom is -0.454 e. The van der Waals surface area contributed by atoms with Crippen molar-refractivity contribution >= 4 is 5.69 Å². The fourth-order valence-corrected chi connectivity index (χ4v) is 1.82. The molecule has 0 unspecified atom stereocenters. The Kier molecular flexibility index (Phi) is 3.24. The molecule has 0 radical (unpaired) electrons. The average Bonchev–Trinajstić information content (AvgIpc) is 2.92. The summed E-state index contributed by atoms with van der Waals surface area (Å²) in [4.78, 5) is 0. The Morgan fingerprint density at radius 3 is 2.74 bits per heavy atom. The van der Waals surface area contributed by atoms with Crippen LogP contribution in [0.2, 0.25) is 0 Å². The summed E-state index contributed by atoms with van der Waals surface area (Å²) < 4.78 is 10.6. The van der Waals surface area contributed by atoms with Crippen molar-refractivity contribution in [2.75, 3.05) is 18.7 Å². The molecule has 0 aromatic heterocycles. The third kappa shape index (κ3) is 2.80. The largest absolute Gasteiger partial charge is 0.454 e. The SMILES string of the molecule is C(#Cc1ccccc1)CNc1ccc2c(c1)OCO2. The summed E-state index contributed by atoms with van der Waals surface area (Å²) >= 11 is 0. The lowest BCUT2D eigenvalue weighted by atomic mass is 10.2. The van der Waals surface area contributed by atoms with E-state index >= 15 is 0 Å². The molecule has 0 amide bonds. The highest BCUT2D eigenvalue weighted by Crippen LogP contribution is 2.33. The number of ether oxygens (including phenoxy) is 2. The summed E-state index contributed by atoms with van der Waals surface area (Å²) in [6.45, 7) is 0.890. The zero-order valence-electron chi connectivity index (χ0n) is 10.3. The molecule has 0 saturated heterocycles. The van der Waals surface area contributed by atoms with E-state index in [-0.39, 0.29) is 0 Å². The van der Waals surface area contributed by atoms with E-state index in [9.17, 15) is 0 Å². The predicted molar refractivity (Wildman–Crippen MR) is 74.4 cm³/mol. The number of hydrogen-bond acceptors (Lipinski definition) is 3. The Bertz CT molecular complexity index is 626. The van der Waals surface area contributed by atoms with E-state index in [1.165, 1.54) is 0 Å². The molecule has 0 saturated carbocycles. The van der Waals surface area contributed by atoms with Crippen LogP contribution in [-0.2, 0) is 0 Å². The number of hydrogen-bond donors (Lipinski definition) is 1. The monoisotopic (exact) mass is 251 g/mol. The average molecular weight is 251 g/mol. The number of benzene rings is 2. The molecule has 3 rings (SSSR count). The van der Waals surface area contributed by atoms with Gasteiger partial charge in [-0.25, -0.2) is 0 Å². The Labute approximate surface area is 112 Å². The third-order valence-corrected chi connectivity index (χ3v) is 2.76. The lowest BCUT2D eigenvalue weighted by Crippen LogP contribution is -1.98. The van der Waals surface area contributed by atoms with Crippen LogP contribution in [0.5, 0.6) is 11.5 Å². The normalized spacial score (nSPS) is 11.6. The molecule has 0 bridgehead atoms. The smallest absolute Gasteiger partial charge is 0.231 e. The molecule has 19 heavy (non-hydrogen) atoms. The number of rotatable bonds is 2. The van der Waals surface area contributed by atoms with E-state index in [4.69, 9.17) is 9.47 Å². The third-order valence-electron chi connectivity index (χ3n) is 2.76. The molecular formula is C16H13NO2. The molecule has 1 aliphatic rings. The van der Waals surface area contributed by atoms with Crippen LogP contribution in [0.15, 0.2) is 48.5 Å². The van der Waals surface area contributed by atoms with E-state index in [1.54, 1.807) is 0 Å². The summed E-state index contributed by atoms with van der Waals surface area (Å²) in [5, 5.41) is 3.24. The van der Waals surface area contributed by atoms with Gasteiger partial charge in [0.1, 0.15) is 0 Å². The summed E-state index contributed by atoms with van der Waals surface area (Å²) in [6.07, 6.45) is 0. The second kappa shape index (κ2) is 5.36. The maximum atomic E-state index is 5.32. The molecule has 2 aromatic carbocycles. The van der Waals surface area contributed by atoms with Crippen molar-refractivity contribution in [3.8, 4) is 23.3 Å². The van der Waals surface area contributed by atoms with Gasteiger partial charge in [0.15, 0.2) is 11.5 Å². The lowest BCUT2D eigenvalue weighted by Gasteiger charge is -2.03. The number of fused-ring (bicyclic) bond motifs is 1. The molecule has 0 atom stereocenters. The maximum Gasteiger partial charge on any atom is 0.231 e. The summed E-state index contributed by atoms with van der Waals surface area (Å²) in [7, 11) is 0. The molecule has 0 aliphatic carbocycles. The quantitative estimate of drug-likeness (QED) is 0.832. The molecular weight excluding hydrogens is 238 g/mol. The van der Waals surface area contributed by atoms with Crippen molar-refractivity contribution in [1.29, 1.82) is 0 Å². The Morgan fingerprint density at radius 1 is 1.00 bits per heavy atom. The predicted octanol–water partition coefficient (Wildman–Crippen LogP) is 2.88. The minimum atomic E-state index is 0.298. The molecule has 3 nitrogen and oxygen atoms in total. The van der Waals surface area contributed by atoms with Crippen LogP contribution >= 0.6 is 0 Å². The van der Waals surface area contributed by atoms with Gasteiger partial charge >= 0.3 is 0 Å².